The van der Waals surface area contributed by atoms with Gasteiger partial charge in [-0.25, -0.2) is 4.79 Å². The first kappa shape index (κ1) is 18.4. The molecule has 1 rings (SSSR count). The Bertz CT molecular complexity index is 482. The molecule has 0 bridgehead atoms. The Morgan fingerprint density at radius 1 is 1.32 bits per heavy atom. The van der Waals surface area contributed by atoms with Crippen molar-refractivity contribution < 1.29 is 19.1 Å². The summed E-state index contributed by atoms with van der Waals surface area (Å²) < 4.78 is 10.2. The summed E-state index contributed by atoms with van der Waals surface area (Å²) in [6.07, 6.45) is 0.153. The van der Waals surface area contributed by atoms with Gasteiger partial charge in [-0.15, -0.1) is 0 Å². The maximum absolute atomic E-state index is 11.6. The molecule has 0 fully saturated rings. The van der Waals surface area contributed by atoms with Crippen LogP contribution in [-0.2, 0) is 15.3 Å². The van der Waals surface area contributed by atoms with E-state index >= 15 is 0 Å². The molecule has 0 aliphatic carbocycles. The highest BCUT2D eigenvalue weighted by molar-refractivity contribution is 7.98. The van der Waals surface area contributed by atoms with E-state index in [9.17, 15) is 9.59 Å². The molecular formula is C16H23NO4S. The van der Waals surface area contributed by atoms with Gasteiger partial charge in [-0.3, -0.25) is 0 Å². The fourth-order valence-corrected chi connectivity index (χ4v) is 2.56. The highest BCUT2D eigenvalue weighted by atomic mass is 32.2. The summed E-state index contributed by atoms with van der Waals surface area (Å²) in [5.74, 6) is 2.06. The van der Waals surface area contributed by atoms with Gasteiger partial charge in [0, 0.05) is 11.5 Å². The number of carbonyl (C=O) groups excluding carboxylic acids is 2. The predicted molar refractivity (Wildman–Crippen MR) is 88.4 cm³/mol. The van der Waals surface area contributed by atoms with Crippen LogP contribution in [0.1, 0.15) is 26.3 Å². The Hall–Kier alpha value is -1.69. The maximum Gasteiger partial charge on any atom is 0.408 e. The summed E-state index contributed by atoms with van der Waals surface area (Å²) in [5, 5.41) is 2.56. The van der Waals surface area contributed by atoms with Gasteiger partial charge >= 0.3 is 6.09 Å². The van der Waals surface area contributed by atoms with Crippen molar-refractivity contribution in [2.75, 3.05) is 12.9 Å². The van der Waals surface area contributed by atoms with E-state index in [1.165, 1.54) is 0 Å². The zero-order valence-corrected chi connectivity index (χ0v) is 14.2. The zero-order chi connectivity index (χ0) is 16.6. The van der Waals surface area contributed by atoms with Crippen molar-refractivity contribution in [2.24, 2.45) is 0 Å². The summed E-state index contributed by atoms with van der Waals surface area (Å²) in [5.41, 5.74) is 0.557. The summed E-state index contributed by atoms with van der Waals surface area (Å²) >= 11 is 1.57. The molecule has 5 nitrogen and oxygen atoms in total. The van der Waals surface area contributed by atoms with Crippen LogP contribution in [-0.4, -0.2) is 36.9 Å². The lowest BCUT2D eigenvalue weighted by Crippen LogP contribution is -2.41. The molecular weight excluding hydrogens is 302 g/mol. The van der Waals surface area contributed by atoms with Crippen LogP contribution in [0.4, 0.5) is 4.79 Å². The lowest BCUT2D eigenvalue weighted by Gasteiger charge is -2.21. The fraction of sp³-hybridized carbons (Fsp3) is 0.500. The Kier molecular flexibility index (Phi) is 7.24. The van der Waals surface area contributed by atoms with Gasteiger partial charge in [-0.1, -0.05) is 12.1 Å². The molecule has 22 heavy (non-hydrogen) atoms. The molecule has 0 aliphatic heterocycles. The molecule has 1 aromatic rings. The molecule has 6 heteroatoms. The molecule has 0 heterocycles. The van der Waals surface area contributed by atoms with Crippen LogP contribution < -0.4 is 10.1 Å². The topological polar surface area (TPSA) is 64.6 Å². The third-order valence-electron chi connectivity index (χ3n) is 2.59. The number of aldehydes is 1. The third kappa shape index (κ3) is 7.36. The molecule has 1 atom stereocenters. The number of hydrogen-bond donors (Lipinski definition) is 1. The molecule has 1 amide bonds. The average molecular weight is 325 g/mol. The zero-order valence-electron chi connectivity index (χ0n) is 13.4. The van der Waals surface area contributed by atoms with Crippen LogP contribution in [0.5, 0.6) is 5.75 Å². The van der Waals surface area contributed by atoms with E-state index in [2.05, 4.69) is 5.32 Å². The van der Waals surface area contributed by atoms with Gasteiger partial charge in [0.25, 0.3) is 0 Å². The van der Waals surface area contributed by atoms with Gasteiger partial charge in [0.2, 0.25) is 0 Å². The number of carbonyl (C=O) groups is 2. The van der Waals surface area contributed by atoms with E-state index in [0.717, 1.165) is 23.4 Å². The fourth-order valence-electron chi connectivity index (χ4n) is 1.60. The normalized spacial score (nSPS) is 12.4. The van der Waals surface area contributed by atoms with E-state index in [1.807, 2.05) is 24.3 Å². The minimum atomic E-state index is -0.576. The monoisotopic (exact) mass is 325 g/mol. The predicted octanol–water partition coefficient (Wildman–Crippen LogP) is 3.02. The minimum absolute atomic E-state index is 0.495. The number of thioether (sulfide) groups is 1. The number of nitrogens with one attached hydrogen (secondary N) is 1. The molecule has 1 unspecified atom stereocenters. The molecule has 0 spiro atoms. The number of benzene rings is 1. The summed E-state index contributed by atoms with van der Waals surface area (Å²) in [6, 6.07) is 7.18. The van der Waals surface area contributed by atoms with Crippen molar-refractivity contribution in [3.63, 3.8) is 0 Å². The smallest absolute Gasteiger partial charge is 0.408 e. The van der Waals surface area contributed by atoms with Crippen LogP contribution in [0.25, 0.3) is 0 Å². The quantitative estimate of drug-likeness (QED) is 0.781. The van der Waals surface area contributed by atoms with E-state index in [1.54, 1.807) is 39.6 Å². The van der Waals surface area contributed by atoms with E-state index in [4.69, 9.17) is 9.47 Å². The van der Waals surface area contributed by atoms with Gasteiger partial charge in [0.15, 0.2) is 0 Å². The Morgan fingerprint density at radius 2 is 1.95 bits per heavy atom. The molecule has 0 saturated heterocycles. The first-order valence-electron chi connectivity index (χ1n) is 6.99. The van der Waals surface area contributed by atoms with Crippen molar-refractivity contribution in [3.8, 4) is 5.75 Å². The molecule has 122 valence electrons. The van der Waals surface area contributed by atoms with E-state index < -0.39 is 17.7 Å². The Balaban J connectivity index is 2.37. The Labute approximate surface area is 135 Å². The van der Waals surface area contributed by atoms with Crippen LogP contribution in [0, 0.1) is 0 Å². The Morgan fingerprint density at radius 3 is 2.45 bits per heavy atom. The van der Waals surface area contributed by atoms with E-state index in [-0.39, 0.29) is 0 Å². The molecule has 0 aromatic heterocycles. The molecule has 0 radical (unpaired) electrons. The van der Waals surface area contributed by atoms with Crippen molar-refractivity contribution in [2.45, 2.75) is 38.2 Å². The van der Waals surface area contributed by atoms with Gasteiger partial charge in [-0.2, -0.15) is 11.8 Å². The van der Waals surface area contributed by atoms with Crippen LogP contribution >= 0.6 is 11.8 Å². The van der Waals surface area contributed by atoms with Gasteiger partial charge in [0.05, 0.1) is 13.2 Å². The second-order valence-corrected chi connectivity index (χ2v) is 6.78. The van der Waals surface area contributed by atoms with Crippen LogP contribution in [0.3, 0.4) is 0 Å². The first-order chi connectivity index (χ1) is 10.3. The molecule has 1 aromatic carbocycles. The summed E-state index contributed by atoms with van der Waals surface area (Å²) in [4.78, 5) is 22.6. The lowest BCUT2D eigenvalue weighted by molar-refractivity contribution is -0.109. The summed E-state index contributed by atoms with van der Waals surface area (Å²) in [6.45, 7) is 5.34. The number of methoxy groups -OCH3 is 1. The van der Waals surface area contributed by atoms with Crippen molar-refractivity contribution >= 4 is 24.1 Å². The molecule has 1 N–H and O–H groups in total. The highest BCUT2D eigenvalue weighted by Crippen LogP contribution is 2.17. The summed E-state index contributed by atoms with van der Waals surface area (Å²) in [7, 11) is 1.63. The van der Waals surface area contributed by atoms with Gasteiger partial charge in [0.1, 0.15) is 17.6 Å². The second kappa shape index (κ2) is 8.68. The SMILES string of the molecule is COc1ccc(CSCC(C=O)NC(=O)OC(C)(C)C)cc1. The number of ether oxygens (including phenoxy) is 2. The largest absolute Gasteiger partial charge is 0.497 e. The van der Waals surface area contributed by atoms with Crippen LogP contribution in [0.15, 0.2) is 24.3 Å². The van der Waals surface area contributed by atoms with Crippen LogP contribution in [0.2, 0.25) is 0 Å². The van der Waals surface area contributed by atoms with Crippen molar-refractivity contribution in [1.29, 1.82) is 0 Å². The standard InChI is InChI=1S/C16H23NO4S/c1-16(2,3)21-15(19)17-13(9-18)11-22-10-12-5-7-14(20-4)8-6-12/h5-9,13H,10-11H2,1-4H3,(H,17,19). The second-order valence-electron chi connectivity index (χ2n) is 5.75. The molecule has 0 saturated carbocycles. The van der Waals surface area contributed by atoms with Crippen molar-refractivity contribution in [3.05, 3.63) is 29.8 Å². The number of amides is 1. The number of hydrogen-bond acceptors (Lipinski definition) is 5. The van der Waals surface area contributed by atoms with E-state index in [0.29, 0.717) is 5.75 Å². The highest BCUT2D eigenvalue weighted by Gasteiger charge is 2.19. The number of alkyl carbamates (subject to hydrolysis) is 1. The van der Waals surface area contributed by atoms with Gasteiger partial charge in [-0.05, 0) is 38.5 Å². The maximum atomic E-state index is 11.6. The first-order valence-corrected chi connectivity index (χ1v) is 8.15. The third-order valence-corrected chi connectivity index (χ3v) is 3.72. The number of rotatable bonds is 7. The van der Waals surface area contributed by atoms with Gasteiger partial charge < -0.3 is 19.6 Å². The van der Waals surface area contributed by atoms with Crippen molar-refractivity contribution in [1.82, 2.24) is 5.32 Å². The molecule has 0 aliphatic rings. The minimum Gasteiger partial charge on any atom is -0.497 e. The lowest BCUT2D eigenvalue weighted by atomic mass is 10.2. The average Bonchev–Trinajstić information content (AvgIpc) is 2.45.